The van der Waals surface area contributed by atoms with Crippen LogP contribution in [0.25, 0.3) is 0 Å². The number of rotatable bonds is 4. The molecule has 1 aliphatic rings. The highest BCUT2D eigenvalue weighted by molar-refractivity contribution is 9.10. The third-order valence-electron chi connectivity index (χ3n) is 2.99. The van der Waals surface area contributed by atoms with E-state index in [4.69, 9.17) is 4.74 Å². The van der Waals surface area contributed by atoms with Crippen LogP contribution in [0.1, 0.15) is 29.8 Å². The third-order valence-corrected chi connectivity index (χ3v) is 3.44. The fourth-order valence-corrected chi connectivity index (χ4v) is 2.77. The monoisotopic (exact) mass is 325 g/mol. The van der Waals surface area contributed by atoms with Crippen LogP contribution in [0.4, 0.5) is 5.69 Å². The second kappa shape index (κ2) is 5.43. The van der Waals surface area contributed by atoms with Crippen molar-refractivity contribution in [1.29, 1.82) is 0 Å². The number of carbonyl (C=O) groups is 2. The molecular formula is C14H16BrNO3. The minimum atomic E-state index is -0.469. The molecule has 1 aromatic rings. The van der Waals surface area contributed by atoms with E-state index in [0.29, 0.717) is 24.4 Å². The fourth-order valence-electron chi connectivity index (χ4n) is 2.20. The van der Waals surface area contributed by atoms with Gasteiger partial charge in [0, 0.05) is 11.0 Å². The first-order valence-corrected chi connectivity index (χ1v) is 6.99. The van der Waals surface area contributed by atoms with E-state index in [9.17, 15) is 9.59 Å². The third kappa shape index (κ3) is 2.72. The molecule has 19 heavy (non-hydrogen) atoms. The molecule has 0 saturated heterocycles. The highest BCUT2D eigenvalue weighted by Gasteiger charge is 2.36. The van der Waals surface area contributed by atoms with Crippen molar-refractivity contribution in [2.24, 2.45) is 0 Å². The SMILES string of the molecule is Cc1cc(Br)cc2c1N(CCOC(C)C)C(=O)C2=O. The van der Waals surface area contributed by atoms with Crippen LogP contribution < -0.4 is 4.90 Å². The van der Waals surface area contributed by atoms with Crippen LogP contribution in [0.2, 0.25) is 0 Å². The number of anilines is 1. The number of hydrogen-bond acceptors (Lipinski definition) is 3. The van der Waals surface area contributed by atoms with E-state index >= 15 is 0 Å². The lowest BCUT2D eigenvalue weighted by molar-refractivity contribution is -0.114. The molecule has 0 spiro atoms. The van der Waals surface area contributed by atoms with Crippen molar-refractivity contribution >= 4 is 33.3 Å². The van der Waals surface area contributed by atoms with Gasteiger partial charge in [0.25, 0.3) is 11.7 Å². The van der Waals surface area contributed by atoms with E-state index in [0.717, 1.165) is 10.0 Å². The summed E-state index contributed by atoms with van der Waals surface area (Å²) in [6, 6.07) is 3.60. The van der Waals surface area contributed by atoms with Gasteiger partial charge in [0.15, 0.2) is 0 Å². The van der Waals surface area contributed by atoms with E-state index < -0.39 is 11.7 Å². The van der Waals surface area contributed by atoms with Crippen molar-refractivity contribution in [2.45, 2.75) is 26.9 Å². The molecule has 1 amide bonds. The van der Waals surface area contributed by atoms with Crippen LogP contribution >= 0.6 is 15.9 Å². The summed E-state index contributed by atoms with van der Waals surface area (Å²) in [6.07, 6.45) is 0.110. The summed E-state index contributed by atoms with van der Waals surface area (Å²) >= 11 is 3.35. The van der Waals surface area contributed by atoms with Crippen molar-refractivity contribution in [3.05, 3.63) is 27.7 Å². The lowest BCUT2D eigenvalue weighted by atomic mass is 10.1. The molecule has 2 rings (SSSR count). The van der Waals surface area contributed by atoms with Gasteiger partial charge < -0.3 is 9.64 Å². The quantitative estimate of drug-likeness (QED) is 0.799. The van der Waals surface area contributed by atoms with Gasteiger partial charge >= 0.3 is 0 Å². The Morgan fingerprint density at radius 1 is 1.32 bits per heavy atom. The first-order chi connectivity index (χ1) is 8.91. The van der Waals surface area contributed by atoms with Gasteiger partial charge in [-0.25, -0.2) is 0 Å². The molecule has 0 bridgehead atoms. The number of halogens is 1. The minimum absolute atomic E-state index is 0.110. The number of nitrogens with zero attached hydrogens (tertiary/aromatic N) is 1. The number of benzene rings is 1. The molecule has 1 heterocycles. The summed E-state index contributed by atoms with van der Waals surface area (Å²) < 4.78 is 6.26. The Labute approximate surface area is 120 Å². The summed E-state index contributed by atoms with van der Waals surface area (Å²) in [7, 11) is 0. The summed E-state index contributed by atoms with van der Waals surface area (Å²) in [5.74, 6) is -0.910. The lowest BCUT2D eigenvalue weighted by Crippen LogP contribution is -2.33. The smallest absolute Gasteiger partial charge is 0.299 e. The molecule has 0 aromatic heterocycles. The second-order valence-corrected chi connectivity index (χ2v) is 5.74. The molecule has 1 aliphatic heterocycles. The largest absolute Gasteiger partial charge is 0.377 e. The first kappa shape index (κ1) is 14.2. The molecule has 0 N–H and O–H groups in total. The summed E-state index contributed by atoms with van der Waals surface area (Å²) in [6.45, 7) is 6.59. The molecule has 1 aromatic carbocycles. The Kier molecular flexibility index (Phi) is 4.06. The summed E-state index contributed by atoms with van der Waals surface area (Å²) in [5, 5.41) is 0. The zero-order valence-electron chi connectivity index (χ0n) is 11.2. The Morgan fingerprint density at radius 2 is 2.00 bits per heavy atom. The number of fused-ring (bicyclic) bond motifs is 1. The summed E-state index contributed by atoms with van der Waals surface area (Å²) in [4.78, 5) is 25.5. The lowest BCUT2D eigenvalue weighted by Gasteiger charge is -2.19. The van der Waals surface area contributed by atoms with E-state index in [1.54, 1.807) is 6.07 Å². The predicted molar refractivity (Wildman–Crippen MR) is 76.7 cm³/mol. The van der Waals surface area contributed by atoms with Crippen molar-refractivity contribution in [1.82, 2.24) is 0 Å². The van der Waals surface area contributed by atoms with Crippen molar-refractivity contribution in [3.63, 3.8) is 0 Å². The average Bonchev–Trinajstić information content (AvgIpc) is 2.54. The van der Waals surface area contributed by atoms with Gasteiger partial charge in [-0.2, -0.15) is 0 Å². The Bertz CT molecular complexity index is 540. The Hall–Kier alpha value is -1.20. The molecule has 0 radical (unpaired) electrons. The highest BCUT2D eigenvalue weighted by atomic mass is 79.9. The van der Waals surface area contributed by atoms with E-state index in [1.807, 2.05) is 26.8 Å². The van der Waals surface area contributed by atoms with E-state index in [2.05, 4.69) is 15.9 Å². The van der Waals surface area contributed by atoms with Crippen LogP contribution in [-0.4, -0.2) is 30.9 Å². The van der Waals surface area contributed by atoms with Crippen LogP contribution in [0.5, 0.6) is 0 Å². The average molecular weight is 326 g/mol. The molecule has 0 atom stereocenters. The zero-order valence-corrected chi connectivity index (χ0v) is 12.8. The molecule has 102 valence electrons. The van der Waals surface area contributed by atoms with Crippen LogP contribution in [0.15, 0.2) is 16.6 Å². The maximum Gasteiger partial charge on any atom is 0.299 e. The van der Waals surface area contributed by atoms with Gasteiger partial charge in [0.2, 0.25) is 0 Å². The van der Waals surface area contributed by atoms with E-state index in [-0.39, 0.29) is 6.10 Å². The van der Waals surface area contributed by atoms with Crippen molar-refractivity contribution in [2.75, 3.05) is 18.1 Å². The molecule has 0 fully saturated rings. The summed E-state index contributed by atoms with van der Waals surface area (Å²) in [5.41, 5.74) is 2.10. The van der Waals surface area contributed by atoms with Crippen molar-refractivity contribution in [3.8, 4) is 0 Å². The normalized spacial score (nSPS) is 14.5. The number of carbonyl (C=O) groups excluding carboxylic acids is 2. The van der Waals surface area contributed by atoms with Crippen LogP contribution in [0.3, 0.4) is 0 Å². The van der Waals surface area contributed by atoms with Gasteiger partial charge in [-0.1, -0.05) is 15.9 Å². The van der Waals surface area contributed by atoms with Gasteiger partial charge in [0.05, 0.1) is 24.0 Å². The number of amides is 1. The van der Waals surface area contributed by atoms with Gasteiger partial charge in [-0.05, 0) is 38.5 Å². The first-order valence-electron chi connectivity index (χ1n) is 6.19. The molecule has 4 nitrogen and oxygen atoms in total. The number of aryl methyl sites for hydroxylation is 1. The van der Waals surface area contributed by atoms with E-state index in [1.165, 1.54) is 4.90 Å². The Morgan fingerprint density at radius 3 is 2.63 bits per heavy atom. The van der Waals surface area contributed by atoms with Crippen molar-refractivity contribution < 1.29 is 14.3 Å². The van der Waals surface area contributed by atoms with Gasteiger partial charge in [-0.3, -0.25) is 9.59 Å². The number of hydrogen-bond donors (Lipinski definition) is 0. The number of ketones is 1. The topological polar surface area (TPSA) is 46.6 Å². The molecule has 0 aliphatic carbocycles. The number of ether oxygens (including phenoxy) is 1. The van der Waals surface area contributed by atoms with Gasteiger partial charge in [-0.15, -0.1) is 0 Å². The predicted octanol–water partition coefficient (Wildman–Crippen LogP) is 2.71. The molecule has 5 heteroatoms. The highest BCUT2D eigenvalue weighted by Crippen LogP contribution is 2.34. The van der Waals surface area contributed by atoms with Gasteiger partial charge in [0.1, 0.15) is 0 Å². The zero-order chi connectivity index (χ0) is 14.2. The maximum atomic E-state index is 12.0. The maximum absolute atomic E-state index is 12.0. The molecular weight excluding hydrogens is 310 g/mol. The van der Waals surface area contributed by atoms with Crippen LogP contribution in [0, 0.1) is 6.92 Å². The fraction of sp³-hybridized carbons (Fsp3) is 0.429. The Balaban J connectivity index is 2.28. The molecule has 0 unspecified atom stereocenters. The molecule has 0 saturated carbocycles. The second-order valence-electron chi connectivity index (χ2n) is 4.82. The number of Topliss-reactive ketones (excluding diaryl/α,β-unsaturated/α-hetero) is 1. The minimum Gasteiger partial charge on any atom is -0.377 e. The van der Waals surface area contributed by atoms with Crippen LogP contribution in [-0.2, 0) is 9.53 Å². The standard InChI is InChI=1S/C14H16BrNO3/c1-8(2)19-5-4-16-12-9(3)6-10(15)7-11(12)13(17)14(16)18/h6-8H,4-5H2,1-3H3.